The summed E-state index contributed by atoms with van der Waals surface area (Å²) in [6.07, 6.45) is 2.09. The van der Waals surface area contributed by atoms with E-state index in [9.17, 15) is 0 Å². The number of ether oxygens (including phenoxy) is 1. The van der Waals surface area contributed by atoms with Crippen molar-refractivity contribution in [1.29, 1.82) is 0 Å². The van der Waals surface area contributed by atoms with Gasteiger partial charge in [0.15, 0.2) is 0 Å². The fourth-order valence-electron chi connectivity index (χ4n) is 1.21. The van der Waals surface area contributed by atoms with Gasteiger partial charge in [0.1, 0.15) is 5.72 Å². The first kappa shape index (κ1) is 10.7. The molecule has 0 amide bonds. The Balaban J connectivity index is 2.68. The summed E-state index contributed by atoms with van der Waals surface area (Å²) in [5, 5.41) is 0. The number of halogens is 2. The van der Waals surface area contributed by atoms with Crippen molar-refractivity contribution >= 4 is 31.9 Å². The first-order valence-corrected chi connectivity index (χ1v) is 5.42. The molecule has 1 unspecified atom stereocenters. The number of rotatable bonds is 1. The summed E-state index contributed by atoms with van der Waals surface area (Å²) >= 11 is 6.69. The van der Waals surface area contributed by atoms with Crippen LogP contribution < -0.4 is 0 Å². The minimum absolute atomic E-state index is 0.142. The highest BCUT2D eigenvalue weighted by atomic mass is 79.9. The molecule has 2 nitrogen and oxygen atoms in total. The van der Waals surface area contributed by atoms with Gasteiger partial charge in [-0.05, 0) is 58.8 Å². The zero-order chi connectivity index (χ0) is 9.35. The van der Waals surface area contributed by atoms with Gasteiger partial charge < -0.3 is 4.74 Å². The molecule has 1 aliphatic heterocycles. The monoisotopic (exact) mass is 297 g/mol. The molecule has 0 radical (unpaired) electrons. The van der Waals surface area contributed by atoms with E-state index in [2.05, 4.69) is 63.7 Å². The molecule has 0 spiro atoms. The van der Waals surface area contributed by atoms with E-state index in [1.807, 2.05) is 0 Å². The third kappa shape index (κ3) is 2.31. The second-order valence-corrected chi connectivity index (χ2v) is 6.17. The summed E-state index contributed by atoms with van der Waals surface area (Å²) in [6, 6.07) is 0.355. The van der Waals surface area contributed by atoms with Crippen molar-refractivity contribution in [2.24, 2.45) is 0 Å². The van der Waals surface area contributed by atoms with Crippen LogP contribution in [0, 0.1) is 0 Å². The van der Waals surface area contributed by atoms with Crippen LogP contribution >= 0.6 is 31.9 Å². The molecule has 4 heteroatoms. The summed E-state index contributed by atoms with van der Waals surface area (Å²) in [7, 11) is 2.07. The second kappa shape index (κ2) is 3.78. The standard InChI is InChI=1S/C8H13Br2NO/c1-8(2)11(3)6(5-12-8)4-7(9)10/h4,6H,5H2,1-3H3. The third-order valence-electron chi connectivity index (χ3n) is 2.27. The van der Waals surface area contributed by atoms with Gasteiger partial charge in [-0.2, -0.15) is 0 Å². The summed E-state index contributed by atoms with van der Waals surface area (Å²) in [4.78, 5) is 2.20. The highest BCUT2D eigenvalue weighted by molar-refractivity contribution is 9.28. The normalized spacial score (nSPS) is 28.9. The Bertz CT molecular complexity index is 199. The molecule has 0 bridgehead atoms. The highest BCUT2D eigenvalue weighted by Gasteiger charge is 2.36. The van der Waals surface area contributed by atoms with Gasteiger partial charge in [-0.3, -0.25) is 4.90 Å². The Labute approximate surface area is 90.2 Å². The van der Waals surface area contributed by atoms with Crippen LogP contribution in [0.5, 0.6) is 0 Å². The molecule has 0 saturated carbocycles. The molecule has 0 aromatic carbocycles. The molecule has 1 heterocycles. The highest BCUT2D eigenvalue weighted by Crippen LogP contribution is 2.27. The molecule has 1 fully saturated rings. The lowest BCUT2D eigenvalue weighted by molar-refractivity contribution is -0.0401. The Kier molecular flexibility index (Phi) is 3.37. The van der Waals surface area contributed by atoms with Gasteiger partial charge in [-0.25, -0.2) is 0 Å². The maximum atomic E-state index is 5.61. The first-order chi connectivity index (χ1) is 5.43. The van der Waals surface area contributed by atoms with Gasteiger partial charge in [0, 0.05) is 0 Å². The third-order valence-corrected chi connectivity index (χ3v) is 2.80. The van der Waals surface area contributed by atoms with Crippen LogP contribution in [0.1, 0.15) is 13.8 Å². The maximum Gasteiger partial charge on any atom is 0.116 e. The quantitative estimate of drug-likeness (QED) is 0.738. The molecule has 1 atom stereocenters. The average Bonchev–Trinajstić information content (AvgIpc) is 2.15. The second-order valence-electron chi connectivity index (χ2n) is 3.39. The van der Waals surface area contributed by atoms with E-state index in [0.717, 1.165) is 10.00 Å². The number of hydrogen-bond donors (Lipinski definition) is 0. The Morgan fingerprint density at radius 2 is 2.17 bits per heavy atom. The zero-order valence-electron chi connectivity index (χ0n) is 7.47. The lowest BCUT2D eigenvalue weighted by atomic mass is 10.2. The molecule has 0 aliphatic carbocycles. The Morgan fingerprint density at radius 1 is 1.58 bits per heavy atom. The van der Waals surface area contributed by atoms with Crippen molar-refractivity contribution in [2.45, 2.75) is 25.6 Å². The van der Waals surface area contributed by atoms with Gasteiger partial charge in [-0.1, -0.05) is 0 Å². The van der Waals surface area contributed by atoms with Crippen LogP contribution in [0.2, 0.25) is 0 Å². The zero-order valence-corrected chi connectivity index (χ0v) is 10.6. The summed E-state index contributed by atoms with van der Waals surface area (Å²) in [5.41, 5.74) is -0.142. The van der Waals surface area contributed by atoms with E-state index in [0.29, 0.717) is 6.04 Å². The molecule has 70 valence electrons. The summed E-state index contributed by atoms with van der Waals surface area (Å²) in [6.45, 7) is 4.90. The van der Waals surface area contributed by atoms with Gasteiger partial charge in [-0.15, -0.1) is 0 Å². The van der Waals surface area contributed by atoms with E-state index in [1.165, 1.54) is 0 Å². The van der Waals surface area contributed by atoms with Gasteiger partial charge in [0.2, 0.25) is 0 Å². The molecule has 0 aromatic heterocycles. The molecule has 1 rings (SSSR count). The largest absolute Gasteiger partial charge is 0.359 e. The van der Waals surface area contributed by atoms with Crippen LogP contribution in [0.15, 0.2) is 9.47 Å². The van der Waals surface area contributed by atoms with Crippen LogP contribution in [-0.2, 0) is 4.74 Å². The van der Waals surface area contributed by atoms with Crippen molar-refractivity contribution in [2.75, 3.05) is 13.7 Å². The predicted molar refractivity (Wildman–Crippen MR) is 57.5 cm³/mol. The van der Waals surface area contributed by atoms with Crippen LogP contribution in [-0.4, -0.2) is 30.3 Å². The molecule has 0 aromatic rings. The summed E-state index contributed by atoms with van der Waals surface area (Å²) in [5.74, 6) is 0. The Hall–Kier alpha value is 0.620. The minimum atomic E-state index is -0.142. The fourth-order valence-corrected chi connectivity index (χ4v) is 1.82. The van der Waals surface area contributed by atoms with Crippen molar-refractivity contribution in [3.63, 3.8) is 0 Å². The van der Waals surface area contributed by atoms with E-state index in [1.54, 1.807) is 0 Å². The van der Waals surface area contributed by atoms with Crippen molar-refractivity contribution in [3.8, 4) is 0 Å². The van der Waals surface area contributed by atoms with E-state index in [4.69, 9.17) is 4.74 Å². The molecular weight excluding hydrogens is 286 g/mol. The van der Waals surface area contributed by atoms with E-state index >= 15 is 0 Å². The van der Waals surface area contributed by atoms with E-state index < -0.39 is 0 Å². The van der Waals surface area contributed by atoms with Crippen molar-refractivity contribution in [3.05, 3.63) is 9.47 Å². The molecule has 0 N–H and O–H groups in total. The smallest absolute Gasteiger partial charge is 0.116 e. The van der Waals surface area contributed by atoms with E-state index in [-0.39, 0.29) is 5.72 Å². The van der Waals surface area contributed by atoms with Gasteiger partial charge in [0.05, 0.1) is 16.0 Å². The minimum Gasteiger partial charge on any atom is -0.359 e. The van der Waals surface area contributed by atoms with Crippen molar-refractivity contribution < 1.29 is 4.74 Å². The first-order valence-electron chi connectivity index (χ1n) is 3.83. The summed E-state index contributed by atoms with van der Waals surface area (Å²) < 4.78 is 6.59. The molecular formula is C8H13Br2NO. The SMILES string of the molecule is CN1C(C=C(Br)Br)COC1(C)C. The number of hydrogen-bond acceptors (Lipinski definition) is 2. The van der Waals surface area contributed by atoms with Crippen LogP contribution in [0.25, 0.3) is 0 Å². The fraction of sp³-hybridized carbons (Fsp3) is 0.750. The topological polar surface area (TPSA) is 12.5 Å². The van der Waals surface area contributed by atoms with Crippen LogP contribution in [0.3, 0.4) is 0 Å². The maximum absolute atomic E-state index is 5.61. The average molecular weight is 299 g/mol. The lowest BCUT2D eigenvalue weighted by Gasteiger charge is -2.28. The number of nitrogens with zero attached hydrogens (tertiary/aromatic N) is 1. The molecule has 1 saturated heterocycles. The predicted octanol–water partition coefficient (Wildman–Crippen LogP) is 2.68. The molecule has 1 aliphatic rings. The lowest BCUT2D eigenvalue weighted by Crippen LogP contribution is -2.39. The van der Waals surface area contributed by atoms with Gasteiger partial charge in [0.25, 0.3) is 0 Å². The van der Waals surface area contributed by atoms with Gasteiger partial charge >= 0.3 is 0 Å². The Morgan fingerprint density at radius 3 is 2.50 bits per heavy atom. The molecule has 12 heavy (non-hydrogen) atoms. The van der Waals surface area contributed by atoms with Crippen LogP contribution in [0.4, 0.5) is 0 Å². The number of likely N-dealkylation sites (N-methyl/N-ethyl adjacent to an activating group) is 1. The van der Waals surface area contributed by atoms with Crippen molar-refractivity contribution in [1.82, 2.24) is 4.90 Å².